The second kappa shape index (κ2) is 9.36. The van der Waals surface area contributed by atoms with Gasteiger partial charge < -0.3 is 4.42 Å². The number of carbonyl (C=O) groups excluding carboxylic acids is 1. The topological polar surface area (TPSA) is 52.3 Å². The number of furan rings is 1. The van der Waals surface area contributed by atoms with E-state index >= 15 is 0 Å². The molecule has 2 aliphatic rings. The number of hydrazone groups is 1. The maximum atomic E-state index is 13.9. The summed E-state index contributed by atoms with van der Waals surface area (Å²) in [5.41, 5.74) is 1.63. The quantitative estimate of drug-likeness (QED) is 0.568. The number of hydrogen-bond donors (Lipinski definition) is 0. The number of amides is 1. The summed E-state index contributed by atoms with van der Waals surface area (Å²) in [5, 5.41) is 8.30. The van der Waals surface area contributed by atoms with Gasteiger partial charge in [-0.1, -0.05) is 24.3 Å². The van der Waals surface area contributed by atoms with E-state index in [4.69, 9.17) is 4.42 Å². The Labute approximate surface area is 190 Å². The second-order valence-corrected chi connectivity index (χ2v) is 9.09. The number of halogens is 1. The van der Waals surface area contributed by atoms with Gasteiger partial charge in [0.25, 0.3) is 5.91 Å². The van der Waals surface area contributed by atoms with E-state index in [9.17, 15) is 9.18 Å². The summed E-state index contributed by atoms with van der Waals surface area (Å²) >= 11 is 1.63. The van der Waals surface area contributed by atoms with Crippen molar-refractivity contribution < 1.29 is 13.6 Å². The molecule has 32 heavy (non-hydrogen) atoms. The maximum absolute atomic E-state index is 13.9. The third kappa shape index (κ3) is 4.53. The lowest BCUT2D eigenvalue weighted by Crippen LogP contribution is -2.49. The van der Waals surface area contributed by atoms with E-state index in [1.54, 1.807) is 28.7 Å². The largest absolute Gasteiger partial charge is 0.467 e. The molecular weight excluding hydrogens is 427 g/mol. The Morgan fingerprint density at radius 3 is 2.59 bits per heavy atom. The van der Waals surface area contributed by atoms with Gasteiger partial charge >= 0.3 is 0 Å². The molecule has 5 rings (SSSR count). The van der Waals surface area contributed by atoms with Crippen LogP contribution in [0.3, 0.4) is 0 Å². The lowest BCUT2D eigenvalue weighted by atomic mass is 10.1. The normalized spacial score (nSPS) is 20.0. The van der Waals surface area contributed by atoms with Crippen LogP contribution in [0.4, 0.5) is 4.39 Å². The molecule has 0 saturated carbocycles. The minimum Gasteiger partial charge on any atom is -0.467 e. The molecule has 1 atom stereocenters. The smallest absolute Gasteiger partial charge is 0.257 e. The molecule has 8 heteroatoms. The van der Waals surface area contributed by atoms with E-state index in [0.717, 1.165) is 42.5 Å². The number of hydrogen-bond acceptors (Lipinski definition) is 6. The van der Waals surface area contributed by atoms with Crippen molar-refractivity contribution in [2.75, 3.05) is 32.7 Å². The molecular formula is C24H25FN4O2S. The number of thiophene rings is 1. The highest BCUT2D eigenvalue weighted by molar-refractivity contribution is 7.12. The van der Waals surface area contributed by atoms with Gasteiger partial charge in [0.05, 0.1) is 23.4 Å². The van der Waals surface area contributed by atoms with Crippen LogP contribution in [-0.4, -0.2) is 59.2 Å². The number of piperazine rings is 1. The van der Waals surface area contributed by atoms with Crippen molar-refractivity contribution in [1.29, 1.82) is 0 Å². The molecule has 0 radical (unpaired) electrons. The zero-order valence-electron chi connectivity index (χ0n) is 17.7. The first kappa shape index (κ1) is 21.1. The third-order valence-corrected chi connectivity index (χ3v) is 6.94. The van der Waals surface area contributed by atoms with Crippen molar-refractivity contribution >= 4 is 23.0 Å². The molecule has 2 aromatic heterocycles. The molecule has 1 amide bonds. The fourth-order valence-electron chi connectivity index (χ4n) is 4.27. The first-order valence-electron chi connectivity index (χ1n) is 10.8. The van der Waals surface area contributed by atoms with E-state index in [0.29, 0.717) is 25.1 Å². The highest BCUT2D eigenvalue weighted by Gasteiger charge is 2.36. The first-order valence-corrected chi connectivity index (χ1v) is 11.7. The van der Waals surface area contributed by atoms with E-state index in [-0.39, 0.29) is 17.8 Å². The molecule has 1 fully saturated rings. The van der Waals surface area contributed by atoms with Gasteiger partial charge in [-0.2, -0.15) is 5.10 Å². The van der Waals surface area contributed by atoms with E-state index in [1.807, 2.05) is 41.8 Å². The fraction of sp³-hybridized carbons (Fsp3) is 0.333. The van der Waals surface area contributed by atoms with Crippen molar-refractivity contribution in [3.63, 3.8) is 0 Å². The summed E-state index contributed by atoms with van der Waals surface area (Å²) in [5.74, 6) is 0.561. The average molecular weight is 453 g/mol. The van der Waals surface area contributed by atoms with Crippen molar-refractivity contribution in [2.45, 2.75) is 19.0 Å². The molecule has 6 nitrogen and oxygen atoms in total. The molecule has 1 unspecified atom stereocenters. The van der Waals surface area contributed by atoms with Crippen molar-refractivity contribution in [3.8, 4) is 0 Å². The number of carbonyl (C=O) groups is 1. The van der Waals surface area contributed by atoms with Gasteiger partial charge in [-0.25, -0.2) is 9.40 Å². The van der Waals surface area contributed by atoms with Crippen LogP contribution in [0.25, 0.3) is 0 Å². The van der Waals surface area contributed by atoms with Gasteiger partial charge in [-0.15, -0.1) is 11.3 Å². The van der Waals surface area contributed by atoms with Crippen molar-refractivity contribution in [1.82, 2.24) is 14.8 Å². The minimum atomic E-state index is -0.211. The summed E-state index contributed by atoms with van der Waals surface area (Å²) in [6.07, 6.45) is 2.28. The maximum Gasteiger partial charge on any atom is 0.257 e. The highest BCUT2D eigenvalue weighted by atomic mass is 32.1. The predicted octanol–water partition coefficient (Wildman–Crippen LogP) is 3.98. The first-order chi connectivity index (χ1) is 15.7. The Morgan fingerprint density at radius 2 is 1.88 bits per heavy atom. The van der Waals surface area contributed by atoms with Crippen molar-refractivity contribution in [3.05, 3.63) is 82.2 Å². The van der Waals surface area contributed by atoms with Crippen LogP contribution in [-0.2, 0) is 11.3 Å². The van der Waals surface area contributed by atoms with Gasteiger partial charge in [-0.05, 0) is 29.6 Å². The Hall–Kier alpha value is -2.81. The molecule has 0 bridgehead atoms. The second-order valence-electron chi connectivity index (χ2n) is 8.14. The van der Waals surface area contributed by atoms with Gasteiger partial charge in [0.2, 0.25) is 0 Å². The Morgan fingerprint density at radius 1 is 1.06 bits per heavy atom. The van der Waals surface area contributed by atoms with E-state index < -0.39 is 0 Å². The molecule has 4 heterocycles. The van der Waals surface area contributed by atoms with Crippen LogP contribution >= 0.6 is 11.3 Å². The van der Waals surface area contributed by atoms with Crippen LogP contribution in [0.15, 0.2) is 69.7 Å². The molecule has 2 aliphatic heterocycles. The van der Waals surface area contributed by atoms with Gasteiger partial charge in [0.15, 0.2) is 0 Å². The molecule has 1 aromatic carbocycles. The monoisotopic (exact) mass is 452 g/mol. The third-order valence-electron chi connectivity index (χ3n) is 6.02. The fourth-order valence-corrected chi connectivity index (χ4v) is 4.99. The zero-order valence-corrected chi connectivity index (χ0v) is 18.5. The van der Waals surface area contributed by atoms with E-state index in [1.165, 1.54) is 6.07 Å². The van der Waals surface area contributed by atoms with Crippen LogP contribution in [0.1, 0.15) is 28.7 Å². The number of nitrogens with zero attached hydrogens (tertiary/aromatic N) is 4. The van der Waals surface area contributed by atoms with Crippen LogP contribution < -0.4 is 0 Å². The van der Waals surface area contributed by atoms with Gasteiger partial charge in [-0.3, -0.25) is 14.6 Å². The number of benzene rings is 1. The number of rotatable bonds is 6. The van der Waals surface area contributed by atoms with Crippen molar-refractivity contribution in [2.24, 2.45) is 5.10 Å². The molecule has 1 saturated heterocycles. The van der Waals surface area contributed by atoms with Gasteiger partial charge in [0.1, 0.15) is 17.6 Å². The van der Waals surface area contributed by atoms with Crippen LogP contribution in [0.2, 0.25) is 0 Å². The predicted molar refractivity (Wildman–Crippen MR) is 122 cm³/mol. The summed E-state index contributed by atoms with van der Waals surface area (Å²) < 4.78 is 19.6. The SMILES string of the molecule is O=C(CN1CCN(Cc2ccccc2F)CC1)N1N=C(c2cccs2)CC1c1ccco1. The summed E-state index contributed by atoms with van der Waals surface area (Å²) in [6, 6.07) is 14.5. The minimum absolute atomic E-state index is 0.0273. The molecule has 0 spiro atoms. The Kier molecular flexibility index (Phi) is 6.16. The Balaban J connectivity index is 1.21. The summed E-state index contributed by atoms with van der Waals surface area (Å²) in [4.78, 5) is 18.7. The average Bonchev–Trinajstić information content (AvgIpc) is 3.57. The lowest BCUT2D eigenvalue weighted by molar-refractivity contribution is -0.135. The highest BCUT2D eigenvalue weighted by Crippen LogP contribution is 2.34. The molecule has 0 aliphatic carbocycles. The summed E-state index contributed by atoms with van der Waals surface area (Å²) in [6.45, 7) is 4.03. The summed E-state index contributed by atoms with van der Waals surface area (Å²) in [7, 11) is 0. The molecule has 3 aromatic rings. The standard InChI is InChI=1S/C24H25FN4O2S/c25-19-6-2-1-5-18(19)16-27-9-11-28(12-10-27)17-24(30)29-21(22-7-3-13-31-22)15-20(26-29)23-8-4-14-32-23/h1-8,13-14,21H,9-12,15-17H2. The van der Waals surface area contributed by atoms with Crippen LogP contribution in [0.5, 0.6) is 0 Å². The van der Waals surface area contributed by atoms with E-state index in [2.05, 4.69) is 14.9 Å². The Bertz CT molecular complexity index is 1080. The van der Waals surface area contributed by atoms with Crippen LogP contribution in [0, 0.1) is 5.82 Å². The lowest BCUT2D eigenvalue weighted by Gasteiger charge is -2.35. The molecule has 166 valence electrons. The molecule has 0 N–H and O–H groups in total. The zero-order chi connectivity index (χ0) is 21.9. The van der Waals surface area contributed by atoms with Gasteiger partial charge in [0, 0.05) is 44.7 Å².